The van der Waals surface area contributed by atoms with Crippen molar-refractivity contribution >= 4 is 18.5 Å². The zero-order valence-electron chi connectivity index (χ0n) is 9.13. The normalized spacial score (nSPS) is 28.6. The van der Waals surface area contributed by atoms with Gasteiger partial charge in [0.25, 0.3) is 0 Å². The van der Waals surface area contributed by atoms with Gasteiger partial charge in [0.05, 0.1) is 6.04 Å². The molecule has 1 heterocycles. The average Bonchev–Trinajstić information content (AvgIpc) is 2.01. The maximum absolute atomic E-state index is 11.8. The van der Waals surface area contributed by atoms with Crippen LogP contribution in [0.15, 0.2) is 0 Å². The van der Waals surface area contributed by atoms with Crippen molar-refractivity contribution in [1.82, 2.24) is 10.6 Å². The molecule has 2 atom stereocenters. The number of hydrogen-bond acceptors (Lipinski definition) is 3. The highest BCUT2D eigenvalue weighted by atomic mass is 32.1. The number of hydrogen-bond donors (Lipinski definition) is 3. The number of thiol groups is 1. The fraction of sp³-hybridized carbons (Fsp3) is 0.900. The number of carbonyl (C=O) groups is 1. The third kappa shape index (κ3) is 3.88. The third-order valence-corrected chi connectivity index (χ3v) is 2.66. The van der Waals surface area contributed by atoms with Crippen molar-refractivity contribution in [1.29, 1.82) is 0 Å². The van der Waals surface area contributed by atoms with Crippen LogP contribution in [0.2, 0.25) is 0 Å². The van der Waals surface area contributed by atoms with Crippen molar-refractivity contribution in [2.24, 2.45) is 0 Å². The van der Waals surface area contributed by atoms with E-state index in [2.05, 4.69) is 23.3 Å². The lowest BCUT2D eigenvalue weighted by Crippen LogP contribution is -2.53. The van der Waals surface area contributed by atoms with Crippen LogP contribution in [0.25, 0.3) is 0 Å². The lowest BCUT2D eigenvalue weighted by atomic mass is 10.0. The minimum atomic E-state index is -0.150. The Morgan fingerprint density at radius 3 is 2.64 bits per heavy atom. The molecular formula is C10H20N2OS. The van der Waals surface area contributed by atoms with E-state index >= 15 is 0 Å². The molecule has 1 aliphatic heterocycles. The first-order chi connectivity index (χ1) is 6.38. The molecule has 4 heteroatoms. The molecule has 0 aliphatic carbocycles. The lowest BCUT2D eigenvalue weighted by molar-refractivity contribution is -0.125. The molecule has 3 nitrogen and oxygen atoms in total. The summed E-state index contributed by atoms with van der Waals surface area (Å²) < 4.78 is 0. The summed E-state index contributed by atoms with van der Waals surface area (Å²) in [6.45, 7) is 6.86. The SMILES string of the molecule is CC(C)(C)NC(=O)[C@@H]1C[C@H](S)CCN1. The maximum Gasteiger partial charge on any atom is 0.237 e. The summed E-state index contributed by atoms with van der Waals surface area (Å²) >= 11 is 4.41. The Labute approximate surface area is 91.4 Å². The molecule has 1 amide bonds. The molecule has 1 aliphatic rings. The van der Waals surface area contributed by atoms with Crippen LogP contribution in [0.1, 0.15) is 33.6 Å². The standard InChI is InChI=1S/C10H20N2OS/c1-10(2,3)12-9(13)8-6-7(14)4-5-11-8/h7-8,11,14H,4-6H2,1-3H3,(H,12,13)/t7-,8+/m1/s1. The largest absolute Gasteiger partial charge is 0.350 e. The topological polar surface area (TPSA) is 41.1 Å². The third-order valence-electron chi connectivity index (χ3n) is 2.19. The number of carbonyl (C=O) groups excluding carboxylic acids is 1. The van der Waals surface area contributed by atoms with E-state index in [0.717, 1.165) is 19.4 Å². The van der Waals surface area contributed by atoms with Gasteiger partial charge in [-0.05, 0) is 40.2 Å². The van der Waals surface area contributed by atoms with Crippen LogP contribution >= 0.6 is 12.6 Å². The Hall–Kier alpha value is -0.220. The summed E-state index contributed by atoms with van der Waals surface area (Å²) in [4.78, 5) is 11.8. The molecule has 2 N–H and O–H groups in total. The Balaban J connectivity index is 2.44. The fourth-order valence-corrected chi connectivity index (χ4v) is 1.89. The molecule has 0 aromatic rings. The van der Waals surface area contributed by atoms with Crippen LogP contribution in [0.5, 0.6) is 0 Å². The Morgan fingerprint density at radius 1 is 1.50 bits per heavy atom. The van der Waals surface area contributed by atoms with E-state index in [1.165, 1.54) is 0 Å². The molecule has 1 rings (SSSR count). The van der Waals surface area contributed by atoms with Gasteiger partial charge in [-0.3, -0.25) is 4.79 Å². The first-order valence-corrected chi connectivity index (χ1v) is 5.63. The number of rotatable bonds is 1. The second-order valence-corrected chi connectivity index (χ2v) is 5.65. The van der Waals surface area contributed by atoms with E-state index in [9.17, 15) is 4.79 Å². The minimum absolute atomic E-state index is 0.0644. The second kappa shape index (κ2) is 4.53. The van der Waals surface area contributed by atoms with Crippen LogP contribution in [-0.2, 0) is 4.79 Å². The minimum Gasteiger partial charge on any atom is -0.350 e. The Bertz CT molecular complexity index is 213. The highest BCUT2D eigenvalue weighted by Gasteiger charge is 2.27. The number of amides is 1. The molecule has 0 spiro atoms. The van der Waals surface area contributed by atoms with E-state index in [0.29, 0.717) is 5.25 Å². The Morgan fingerprint density at radius 2 is 2.14 bits per heavy atom. The van der Waals surface area contributed by atoms with Gasteiger partial charge >= 0.3 is 0 Å². The monoisotopic (exact) mass is 216 g/mol. The highest BCUT2D eigenvalue weighted by Crippen LogP contribution is 2.14. The number of piperidine rings is 1. The van der Waals surface area contributed by atoms with E-state index < -0.39 is 0 Å². The van der Waals surface area contributed by atoms with Gasteiger partial charge < -0.3 is 10.6 Å². The summed E-state index contributed by atoms with van der Waals surface area (Å²) in [7, 11) is 0. The van der Waals surface area contributed by atoms with Gasteiger partial charge in [0.1, 0.15) is 0 Å². The van der Waals surface area contributed by atoms with Gasteiger partial charge in [0, 0.05) is 10.8 Å². The van der Waals surface area contributed by atoms with Crippen LogP contribution in [0.3, 0.4) is 0 Å². The van der Waals surface area contributed by atoms with Gasteiger partial charge in [-0.1, -0.05) is 0 Å². The number of nitrogens with one attached hydrogen (secondary N) is 2. The maximum atomic E-state index is 11.8. The quantitative estimate of drug-likeness (QED) is 0.571. The molecule has 0 aromatic heterocycles. The smallest absolute Gasteiger partial charge is 0.237 e. The van der Waals surface area contributed by atoms with Crippen LogP contribution < -0.4 is 10.6 Å². The first kappa shape index (κ1) is 11.9. The highest BCUT2D eigenvalue weighted by molar-refractivity contribution is 7.80. The molecule has 0 radical (unpaired) electrons. The zero-order valence-corrected chi connectivity index (χ0v) is 10.0. The molecule has 0 unspecified atom stereocenters. The summed E-state index contributed by atoms with van der Waals surface area (Å²) in [6, 6.07) is -0.0644. The van der Waals surface area contributed by atoms with Gasteiger partial charge in [-0.15, -0.1) is 0 Å². The summed E-state index contributed by atoms with van der Waals surface area (Å²) in [5, 5.41) is 6.54. The molecular weight excluding hydrogens is 196 g/mol. The van der Waals surface area contributed by atoms with Gasteiger partial charge in [-0.2, -0.15) is 12.6 Å². The van der Waals surface area contributed by atoms with Gasteiger partial charge in [0.15, 0.2) is 0 Å². The van der Waals surface area contributed by atoms with Crippen LogP contribution in [0, 0.1) is 0 Å². The first-order valence-electron chi connectivity index (χ1n) is 5.12. The molecule has 0 saturated carbocycles. The van der Waals surface area contributed by atoms with Crippen LogP contribution in [0.4, 0.5) is 0 Å². The summed E-state index contributed by atoms with van der Waals surface area (Å²) in [5.74, 6) is 0.0938. The van der Waals surface area contributed by atoms with Crippen molar-refractivity contribution in [3.63, 3.8) is 0 Å². The molecule has 1 saturated heterocycles. The summed E-state index contributed by atoms with van der Waals surface area (Å²) in [5.41, 5.74) is -0.150. The van der Waals surface area contributed by atoms with Crippen molar-refractivity contribution in [3.8, 4) is 0 Å². The lowest BCUT2D eigenvalue weighted by Gasteiger charge is -2.30. The van der Waals surface area contributed by atoms with Gasteiger partial charge in [-0.25, -0.2) is 0 Å². The predicted molar refractivity (Wildman–Crippen MR) is 61.7 cm³/mol. The molecule has 0 aromatic carbocycles. The summed E-state index contributed by atoms with van der Waals surface area (Å²) in [6.07, 6.45) is 1.87. The van der Waals surface area contributed by atoms with Gasteiger partial charge in [0.2, 0.25) is 5.91 Å². The fourth-order valence-electron chi connectivity index (χ4n) is 1.55. The second-order valence-electron chi connectivity index (χ2n) is 4.92. The van der Waals surface area contributed by atoms with Crippen LogP contribution in [-0.4, -0.2) is 29.3 Å². The Kier molecular flexibility index (Phi) is 3.84. The van der Waals surface area contributed by atoms with Crippen molar-refractivity contribution in [3.05, 3.63) is 0 Å². The van der Waals surface area contributed by atoms with E-state index in [1.54, 1.807) is 0 Å². The molecule has 82 valence electrons. The van der Waals surface area contributed by atoms with Crippen molar-refractivity contribution < 1.29 is 4.79 Å². The average molecular weight is 216 g/mol. The zero-order chi connectivity index (χ0) is 10.8. The predicted octanol–water partition coefficient (Wildman–Crippen LogP) is 0.951. The van der Waals surface area contributed by atoms with Crippen molar-refractivity contribution in [2.45, 2.75) is 50.4 Å². The van der Waals surface area contributed by atoms with E-state index in [-0.39, 0.29) is 17.5 Å². The molecule has 14 heavy (non-hydrogen) atoms. The van der Waals surface area contributed by atoms with E-state index in [1.807, 2.05) is 20.8 Å². The van der Waals surface area contributed by atoms with E-state index in [4.69, 9.17) is 0 Å². The molecule has 1 fully saturated rings. The van der Waals surface area contributed by atoms with Crippen molar-refractivity contribution in [2.75, 3.05) is 6.54 Å². The molecule has 0 bridgehead atoms.